The first-order valence-corrected chi connectivity index (χ1v) is 7.88. The number of likely N-dealkylation sites (tertiary alicyclic amines) is 1. The number of nitrogens with one attached hydrogen (secondary N) is 1. The Bertz CT molecular complexity index is 576. The van der Waals surface area contributed by atoms with E-state index >= 15 is 0 Å². The van der Waals surface area contributed by atoms with E-state index < -0.39 is 17.1 Å². The average molecular weight is 321 g/mol. The molecule has 2 N–H and O–H groups in total. The van der Waals surface area contributed by atoms with Crippen LogP contribution in [0.2, 0.25) is 0 Å². The van der Waals surface area contributed by atoms with Crippen LogP contribution >= 0.6 is 0 Å². The van der Waals surface area contributed by atoms with Gasteiger partial charge in [-0.15, -0.1) is 0 Å². The van der Waals surface area contributed by atoms with E-state index in [1.165, 1.54) is 12.1 Å². The van der Waals surface area contributed by atoms with Crippen molar-refractivity contribution in [3.05, 3.63) is 34.4 Å². The van der Waals surface area contributed by atoms with E-state index in [0.29, 0.717) is 6.42 Å². The highest BCUT2D eigenvalue weighted by molar-refractivity contribution is 5.96. The van der Waals surface area contributed by atoms with Crippen LogP contribution in [0.15, 0.2) is 24.3 Å². The number of nitro groups is 1. The van der Waals surface area contributed by atoms with Gasteiger partial charge in [0.2, 0.25) is 5.91 Å². The highest BCUT2D eigenvalue weighted by Gasteiger charge is 2.33. The van der Waals surface area contributed by atoms with Gasteiger partial charge in [0.1, 0.15) is 5.69 Å². The summed E-state index contributed by atoms with van der Waals surface area (Å²) < 4.78 is 0. The van der Waals surface area contributed by atoms with Crippen LogP contribution in [0.3, 0.4) is 0 Å². The number of aliphatic hydroxyl groups excluding tert-OH is 1. The Morgan fingerprint density at radius 2 is 2.17 bits per heavy atom. The Hall–Kier alpha value is -1.99. The molecule has 7 nitrogen and oxygen atoms in total. The van der Waals surface area contributed by atoms with Crippen molar-refractivity contribution in [2.75, 3.05) is 11.9 Å². The van der Waals surface area contributed by atoms with Gasteiger partial charge in [0.25, 0.3) is 5.69 Å². The molecule has 0 radical (unpaired) electrons. The van der Waals surface area contributed by atoms with Gasteiger partial charge in [0.15, 0.2) is 0 Å². The summed E-state index contributed by atoms with van der Waals surface area (Å²) >= 11 is 0. The number of nitrogens with zero attached hydrogens (tertiary/aromatic N) is 2. The molecule has 2 rings (SSSR count). The van der Waals surface area contributed by atoms with E-state index in [9.17, 15) is 20.0 Å². The smallest absolute Gasteiger partial charge is 0.292 e. The third-order valence-electron chi connectivity index (χ3n) is 4.27. The van der Waals surface area contributed by atoms with Crippen LogP contribution in [0.1, 0.15) is 33.1 Å². The number of aliphatic hydroxyl groups is 1. The highest BCUT2D eigenvalue weighted by atomic mass is 16.6. The minimum atomic E-state index is -0.508. The van der Waals surface area contributed by atoms with Gasteiger partial charge in [0, 0.05) is 12.1 Å². The normalized spacial score (nSPS) is 20.9. The van der Waals surface area contributed by atoms with Crippen molar-refractivity contribution in [1.82, 2.24) is 4.90 Å². The molecule has 3 unspecified atom stereocenters. The number of hydrogen-bond donors (Lipinski definition) is 2. The number of rotatable bonds is 6. The predicted octanol–water partition coefficient (Wildman–Crippen LogP) is 2.16. The van der Waals surface area contributed by atoms with E-state index in [1.54, 1.807) is 26.0 Å². The van der Waals surface area contributed by atoms with Crippen LogP contribution in [0.25, 0.3) is 0 Å². The maximum Gasteiger partial charge on any atom is 0.292 e. The molecule has 1 saturated heterocycles. The quantitative estimate of drug-likeness (QED) is 0.618. The maximum absolute atomic E-state index is 12.5. The van der Waals surface area contributed by atoms with Crippen molar-refractivity contribution in [1.29, 1.82) is 0 Å². The standard InChI is InChI=1S/C16H23N3O4/c1-11(20)10-13-6-5-9-18(13)12(2)16(21)17-14-7-3-4-8-15(14)19(22)23/h3-4,7-8,11-13,20H,5-6,9-10H2,1-2H3,(H,17,21). The summed E-state index contributed by atoms with van der Waals surface area (Å²) in [6, 6.07) is 5.88. The zero-order valence-corrected chi connectivity index (χ0v) is 13.4. The van der Waals surface area contributed by atoms with Crippen LogP contribution in [0.4, 0.5) is 11.4 Å². The summed E-state index contributed by atoms with van der Waals surface area (Å²) in [6.45, 7) is 4.34. The fraction of sp³-hybridized carbons (Fsp3) is 0.562. The molecule has 0 spiro atoms. The van der Waals surface area contributed by atoms with E-state index in [0.717, 1.165) is 19.4 Å². The van der Waals surface area contributed by atoms with Crippen molar-refractivity contribution >= 4 is 17.3 Å². The number of carbonyl (C=O) groups excluding carboxylic acids is 1. The summed E-state index contributed by atoms with van der Waals surface area (Å²) in [7, 11) is 0. The lowest BCUT2D eigenvalue weighted by Gasteiger charge is -2.30. The van der Waals surface area contributed by atoms with E-state index in [2.05, 4.69) is 10.2 Å². The van der Waals surface area contributed by atoms with Gasteiger partial charge in [-0.25, -0.2) is 0 Å². The number of para-hydroxylation sites is 2. The minimum Gasteiger partial charge on any atom is -0.393 e. The van der Waals surface area contributed by atoms with Gasteiger partial charge in [-0.1, -0.05) is 12.1 Å². The Labute approximate surface area is 135 Å². The molecule has 0 saturated carbocycles. The largest absolute Gasteiger partial charge is 0.393 e. The molecular formula is C16H23N3O4. The molecule has 1 amide bonds. The maximum atomic E-state index is 12.5. The third-order valence-corrected chi connectivity index (χ3v) is 4.27. The molecule has 1 aromatic rings. The monoisotopic (exact) mass is 321 g/mol. The molecular weight excluding hydrogens is 298 g/mol. The molecule has 1 aliphatic heterocycles. The molecule has 1 aromatic carbocycles. The van der Waals surface area contributed by atoms with Crippen molar-refractivity contribution in [3.63, 3.8) is 0 Å². The van der Waals surface area contributed by atoms with Crippen LogP contribution in [-0.2, 0) is 4.79 Å². The van der Waals surface area contributed by atoms with Crippen molar-refractivity contribution in [3.8, 4) is 0 Å². The first-order chi connectivity index (χ1) is 10.9. The first kappa shape index (κ1) is 17.4. The topological polar surface area (TPSA) is 95.7 Å². The van der Waals surface area contributed by atoms with Gasteiger partial charge in [-0.2, -0.15) is 0 Å². The molecule has 23 heavy (non-hydrogen) atoms. The zero-order valence-electron chi connectivity index (χ0n) is 13.4. The Balaban J connectivity index is 2.07. The molecule has 7 heteroatoms. The number of hydrogen-bond acceptors (Lipinski definition) is 5. The molecule has 0 aliphatic carbocycles. The lowest BCUT2D eigenvalue weighted by atomic mass is 10.1. The number of amides is 1. The highest BCUT2D eigenvalue weighted by Crippen LogP contribution is 2.26. The van der Waals surface area contributed by atoms with Gasteiger partial charge in [-0.05, 0) is 45.7 Å². The summed E-state index contributed by atoms with van der Waals surface area (Å²) in [6.07, 6.45) is 2.16. The summed E-state index contributed by atoms with van der Waals surface area (Å²) in [5.74, 6) is -0.267. The summed E-state index contributed by atoms with van der Waals surface area (Å²) in [5, 5.41) is 23.3. The van der Waals surface area contributed by atoms with Gasteiger partial charge < -0.3 is 10.4 Å². The Morgan fingerprint density at radius 1 is 1.48 bits per heavy atom. The second-order valence-corrected chi connectivity index (χ2v) is 6.06. The number of anilines is 1. The van der Waals surface area contributed by atoms with Gasteiger partial charge in [0.05, 0.1) is 17.1 Å². The third kappa shape index (κ3) is 4.27. The zero-order chi connectivity index (χ0) is 17.0. The molecule has 1 heterocycles. The second-order valence-electron chi connectivity index (χ2n) is 6.06. The van der Waals surface area contributed by atoms with Crippen molar-refractivity contribution in [2.24, 2.45) is 0 Å². The molecule has 0 aromatic heterocycles. The van der Waals surface area contributed by atoms with E-state index in [1.807, 2.05) is 0 Å². The molecule has 1 aliphatic rings. The predicted molar refractivity (Wildman–Crippen MR) is 87.2 cm³/mol. The van der Waals surface area contributed by atoms with E-state index in [-0.39, 0.29) is 23.3 Å². The van der Waals surface area contributed by atoms with Crippen molar-refractivity contribution in [2.45, 2.75) is 51.3 Å². The molecule has 126 valence electrons. The SMILES string of the molecule is CC(O)CC1CCCN1C(C)C(=O)Nc1ccccc1[N+](=O)[O-]. The molecule has 0 bridgehead atoms. The van der Waals surface area contributed by atoms with Gasteiger partial charge >= 0.3 is 0 Å². The van der Waals surface area contributed by atoms with E-state index in [4.69, 9.17) is 0 Å². The molecule has 1 fully saturated rings. The average Bonchev–Trinajstić information content (AvgIpc) is 2.94. The fourth-order valence-electron chi connectivity index (χ4n) is 3.14. The number of benzene rings is 1. The lowest BCUT2D eigenvalue weighted by Crippen LogP contribution is -2.45. The second kappa shape index (κ2) is 7.52. The molecule has 3 atom stereocenters. The lowest BCUT2D eigenvalue weighted by molar-refractivity contribution is -0.383. The first-order valence-electron chi connectivity index (χ1n) is 7.88. The Morgan fingerprint density at radius 3 is 2.83 bits per heavy atom. The summed E-state index contributed by atoms with van der Waals surface area (Å²) in [5.41, 5.74) is 0.0932. The van der Waals surface area contributed by atoms with Crippen molar-refractivity contribution < 1.29 is 14.8 Å². The fourth-order valence-corrected chi connectivity index (χ4v) is 3.14. The van der Waals surface area contributed by atoms with Crippen LogP contribution in [0.5, 0.6) is 0 Å². The van der Waals surface area contributed by atoms with Crippen LogP contribution < -0.4 is 5.32 Å². The number of carbonyl (C=O) groups is 1. The summed E-state index contributed by atoms with van der Waals surface area (Å²) in [4.78, 5) is 25.0. The minimum absolute atomic E-state index is 0.116. The number of nitro benzene ring substituents is 1. The van der Waals surface area contributed by atoms with Crippen LogP contribution in [0, 0.1) is 10.1 Å². The Kier molecular flexibility index (Phi) is 5.68. The van der Waals surface area contributed by atoms with Gasteiger partial charge in [-0.3, -0.25) is 19.8 Å². The van der Waals surface area contributed by atoms with Crippen LogP contribution in [-0.4, -0.2) is 45.6 Å².